The minimum atomic E-state index is 0.0526. The molecule has 0 aromatic heterocycles. The van der Waals surface area contributed by atoms with Gasteiger partial charge in [0.1, 0.15) is 5.84 Å². The summed E-state index contributed by atoms with van der Waals surface area (Å²) in [5.74, 6) is 1.41. The summed E-state index contributed by atoms with van der Waals surface area (Å²) in [7, 11) is 2.02. The number of thioether (sulfide) groups is 1. The van der Waals surface area contributed by atoms with Crippen molar-refractivity contribution in [2.45, 2.75) is 32.4 Å². The van der Waals surface area contributed by atoms with Crippen molar-refractivity contribution in [3.8, 4) is 0 Å². The van der Waals surface area contributed by atoms with Gasteiger partial charge in [-0.25, -0.2) is 0 Å². The molecule has 78 valence electrons. The summed E-state index contributed by atoms with van der Waals surface area (Å²) in [6.45, 7) is 4.15. The van der Waals surface area contributed by atoms with Crippen LogP contribution in [-0.2, 0) is 0 Å². The monoisotopic (exact) mass is 203 g/mol. The average Bonchev–Trinajstić information content (AvgIpc) is 2.11. The highest BCUT2D eigenvalue weighted by atomic mass is 32.2. The second-order valence-corrected chi connectivity index (χ2v) is 4.41. The van der Waals surface area contributed by atoms with Gasteiger partial charge in [-0.3, -0.25) is 10.3 Å². The molecule has 4 heteroatoms. The van der Waals surface area contributed by atoms with Crippen molar-refractivity contribution in [3.63, 3.8) is 0 Å². The molecule has 2 unspecified atom stereocenters. The summed E-state index contributed by atoms with van der Waals surface area (Å²) >= 11 is 1.86. The largest absolute Gasteiger partial charge is 0.386 e. The fourth-order valence-corrected chi connectivity index (χ4v) is 1.67. The molecule has 0 saturated carbocycles. The molecular weight excluding hydrogens is 182 g/mol. The van der Waals surface area contributed by atoms with Crippen LogP contribution in [-0.4, -0.2) is 41.9 Å². The van der Waals surface area contributed by atoms with Crippen LogP contribution >= 0.6 is 11.8 Å². The van der Waals surface area contributed by atoms with E-state index in [0.717, 1.165) is 12.2 Å². The van der Waals surface area contributed by atoms with E-state index < -0.39 is 0 Å². The van der Waals surface area contributed by atoms with Crippen LogP contribution in [0.1, 0.15) is 20.3 Å². The molecule has 0 amide bonds. The van der Waals surface area contributed by atoms with Gasteiger partial charge in [0.25, 0.3) is 0 Å². The Labute approximate surface area is 85.6 Å². The molecule has 0 aromatic rings. The van der Waals surface area contributed by atoms with E-state index in [4.69, 9.17) is 11.1 Å². The summed E-state index contributed by atoms with van der Waals surface area (Å²) in [5.41, 5.74) is 5.44. The highest BCUT2D eigenvalue weighted by Crippen LogP contribution is 2.08. The number of amidine groups is 1. The van der Waals surface area contributed by atoms with Gasteiger partial charge in [0.2, 0.25) is 0 Å². The van der Waals surface area contributed by atoms with Crippen molar-refractivity contribution in [1.29, 1.82) is 5.41 Å². The van der Waals surface area contributed by atoms with E-state index >= 15 is 0 Å². The molecule has 0 spiro atoms. The minimum absolute atomic E-state index is 0.0526. The topological polar surface area (TPSA) is 53.1 Å². The smallest absolute Gasteiger partial charge is 0.108 e. The number of likely N-dealkylation sites (N-methyl/N-ethyl adjacent to an activating group) is 1. The molecule has 0 aromatic carbocycles. The first kappa shape index (κ1) is 12.8. The summed E-state index contributed by atoms with van der Waals surface area (Å²) in [4.78, 5) is 2.15. The molecule has 0 saturated heterocycles. The Morgan fingerprint density at radius 3 is 2.46 bits per heavy atom. The van der Waals surface area contributed by atoms with Gasteiger partial charge in [0, 0.05) is 6.04 Å². The number of hydrogen-bond donors (Lipinski definition) is 2. The van der Waals surface area contributed by atoms with Crippen LogP contribution in [0.4, 0.5) is 0 Å². The Balaban J connectivity index is 3.93. The number of nitrogens with zero attached hydrogens (tertiary/aromatic N) is 1. The third kappa shape index (κ3) is 4.52. The van der Waals surface area contributed by atoms with E-state index in [0.29, 0.717) is 6.04 Å². The highest BCUT2D eigenvalue weighted by Gasteiger charge is 2.17. The molecule has 0 fully saturated rings. The molecule has 0 aliphatic carbocycles. The maximum absolute atomic E-state index is 7.33. The van der Waals surface area contributed by atoms with E-state index in [1.54, 1.807) is 0 Å². The van der Waals surface area contributed by atoms with Gasteiger partial charge in [0.05, 0.1) is 6.04 Å². The van der Waals surface area contributed by atoms with Gasteiger partial charge in [-0.05, 0) is 39.3 Å². The fourth-order valence-electron chi connectivity index (χ4n) is 1.09. The Morgan fingerprint density at radius 2 is 2.08 bits per heavy atom. The molecule has 0 radical (unpaired) electrons. The van der Waals surface area contributed by atoms with E-state index in [1.807, 2.05) is 25.7 Å². The Kier molecular flexibility index (Phi) is 6.16. The minimum Gasteiger partial charge on any atom is -0.386 e. The molecule has 0 aliphatic heterocycles. The van der Waals surface area contributed by atoms with E-state index in [2.05, 4.69) is 18.1 Å². The molecule has 13 heavy (non-hydrogen) atoms. The van der Waals surface area contributed by atoms with E-state index in [1.165, 1.54) is 0 Å². The lowest BCUT2D eigenvalue weighted by atomic mass is 10.1. The standard InChI is InChI=1S/C9H21N3S/c1-7(5-6-13-4)12(3)8(2)9(10)11/h7-8H,5-6H2,1-4H3,(H3,10,11). The second kappa shape index (κ2) is 6.27. The van der Waals surface area contributed by atoms with Crippen LogP contribution in [0.25, 0.3) is 0 Å². The van der Waals surface area contributed by atoms with Crippen molar-refractivity contribution in [1.82, 2.24) is 4.90 Å². The summed E-state index contributed by atoms with van der Waals surface area (Å²) in [6, 6.07) is 0.545. The first-order chi connectivity index (χ1) is 6.00. The normalized spacial score (nSPS) is 15.8. The van der Waals surface area contributed by atoms with Gasteiger partial charge in [0.15, 0.2) is 0 Å². The van der Waals surface area contributed by atoms with Gasteiger partial charge in [-0.1, -0.05) is 0 Å². The summed E-state index contributed by atoms with van der Waals surface area (Å²) in [5, 5.41) is 7.33. The molecule has 0 rings (SSSR count). The Morgan fingerprint density at radius 1 is 1.54 bits per heavy atom. The SMILES string of the molecule is CSCCC(C)N(C)C(C)C(=N)N. The molecular formula is C9H21N3S. The van der Waals surface area contributed by atoms with Crippen LogP contribution in [0.3, 0.4) is 0 Å². The molecule has 3 N–H and O–H groups in total. The predicted molar refractivity (Wildman–Crippen MR) is 61.6 cm³/mol. The zero-order chi connectivity index (χ0) is 10.4. The van der Waals surface area contributed by atoms with Crippen molar-refractivity contribution in [3.05, 3.63) is 0 Å². The third-order valence-electron chi connectivity index (χ3n) is 2.50. The van der Waals surface area contributed by atoms with E-state index in [9.17, 15) is 0 Å². The van der Waals surface area contributed by atoms with Gasteiger partial charge >= 0.3 is 0 Å². The molecule has 2 atom stereocenters. The van der Waals surface area contributed by atoms with Crippen molar-refractivity contribution >= 4 is 17.6 Å². The van der Waals surface area contributed by atoms with Crippen molar-refractivity contribution < 1.29 is 0 Å². The van der Waals surface area contributed by atoms with Crippen molar-refractivity contribution in [2.24, 2.45) is 5.73 Å². The van der Waals surface area contributed by atoms with Crippen LogP contribution in [0.15, 0.2) is 0 Å². The van der Waals surface area contributed by atoms with Crippen molar-refractivity contribution in [2.75, 3.05) is 19.1 Å². The molecule has 0 aliphatic rings. The van der Waals surface area contributed by atoms with Crippen LogP contribution in [0, 0.1) is 5.41 Å². The Hall–Kier alpha value is -0.220. The number of nitrogens with one attached hydrogen (secondary N) is 1. The maximum atomic E-state index is 7.33. The quantitative estimate of drug-likeness (QED) is 0.506. The van der Waals surface area contributed by atoms with E-state index in [-0.39, 0.29) is 11.9 Å². The predicted octanol–water partition coefficient (Wildman–Crippen LogP) is 1.38. The van der Waals surface area contributed by atoms with Gasteiger partial charge in [-0.2, -0.15) is 11.8 Å². The molecule has 3 nitrogen and oxygen atoms in total. The summed E-state index contributed by atoms with van der Waals surface area (Å²) < 4.78 is 0. The molecule has 0 bridgehead atoms. The average molecular weight is 203 g/mol. The fraction of sp³-hybridized carbons (Fsp3) is 0.889. The Bertz CT molecular complexity index is 161. The number of rotatable bonds is 6. The van der Waals surface area contributed by atoms with Crippen LogP contribution in [0.5, 0.6) is 0 Å². The zero-order valence-electron chi connectivity index (χ0n) is 9.00. The second-order valence-electron chi connectivity index (χ2n) is 3.43. The third-order valence-corrected chi connectivity index (χ3v) is 3.14. The first-order valence-corrected chi connectivity index (χ1v) is 5.94. The van der Waals surface area contributed by atoms with Gasteiger partial charge < -0.3 is 5.73 Å². The zero-order valence-corrected chi connectivity index (χ0v) is 9.82. The lowest BCUT2D eigenvalue weighted by molar-refractivity contribution is 0.232. The summed E-state index contributed by atoms with van der Waals surface area (Å²) in [6.07, 6.45) is 3.26. The van der Waals surface area contributed by atoms with Crippen LogP contribution < -0.4 is 5.73 Å². The number of hydrogen-bond acceptors (Lipinski definition) is 3. The van der Waals surface area contributed by atoms with Crippen LogP contribution in [0.2, 0.25) is 0 Å². The highest BCUT2D eigenvalue weighted by molar-refractivity contribution is 7.98. The lowest BCUT2D eigenvalue weighted by Gasteiger charge is -2.29. The number of nitrogens with two attached hydrogens (primary N) is 1. The maximum Gasteiger partial charge on any atom is 0.108 e. The molecule has 0 heterocycles. The first-order valence-electron chi connectivity index (χ1n) is 4.55. The van der Waals surface area contributed by atoms with Gasteiger partial charge in [-0.15, -0.1) is 0 Å². The lowest BCUT2D eigenvalue weighted by Crippen LogP contribution is -2.44.